The highest BCUT2D eigenvalue weighted by Crippen LogP contribution is 2.17. The first-order chi connectivity index (χ1) is 10.5. The van der Waals surface area contributed by atoms with Crippen LogP contribution >= 0.6 is 39.3 Å². The molecular formula is C13H10BrClN4O2S. The summed E-state index contributed by atoms with van der Waals surface area (Å²) in [6.45, 7) is 0. The molecule has 0 unspecified atom stereocenters. The van der Waals surface area contributed by atoms with Crippen molar-refractivity contribution in [3.63, 3.8) is 0 Å². The van der Waals surface area contributed by atoms with E-state index in [1.165, 1.54) is 18.0 Å². The molecule has 0 aliphatic heterocycles. The maximum absolute atomic E-state index is 12.1. The zero-order valence-electron chi connectivity index (χ0n) is 11.3. The molecule has 0 atom stereocenters. The number of halogens is 2. The highest BCUT2D eigenvalue weighted by atomic mass is 79.9. The fourth-order valence-corrected chi connectivity index (χ4v) is 2.43. The van der Waals surface area contributed by atoms with Gasteiger partial charge in [0.25, 0.3) is 11.8 Å². The van der Waals surface area contributed by atoms with Crippen LogP contribution in [0.5, 0.6) is 0 Å². The van der Waals surface area contributed by atoms with E-state index < -0.39 is 11.8 Å². The number of hydrazine groups is 1. The molecule has 1 aromatic heterocycles. The van der Waals surface area contributed by atoms with E-state index in [0.717, 1.165) is 0 Å². The molecule has 2 N–H and O–H groups in total. The SMILES string of the molecule is CSc1ncc(Br)c(C(=O)NNC(=O)c2ccccc2Cl)n1. The smallest absolute Gasteiger partial charge is 0.267 e. The van der Waals surface area contributed by atoms with Crippen LogP contribution in [-0.4, -0.2) is 28.0 Å². The Morgan fingerprint density at radius 3 is 2.59 bits per heavy atom. The number of nitrogens with zero attached hydrogens (tertiary/aromatic N) is 2. The Bertz CT molecular complexity index is 729. The highest BCUT2D eigenvalue weighted by Gasteiger charge is 2.16. The second-order valence-corrected chi connectivity index (χ2v) is 5.98. The van der Waals surface area contributed by atoms with Crippen LogP contribution in [0.3, 0.4) is 0 Å². The zero-order valence-corrected chi connectivity index (χ0v) is 14.4. The predicted octanol–water partition coefficient (Wildman–Crippen LogP) is 2.69. The van der Waals surface area contributed by atoms with Crippen molar-refractivity contribution in [2.45, 2.75) is 5.16 Å². The van der Waals surface area contributed by atoms with Gasteiger partial charge >= 0.3 is 0 Å². The largest absolute Gasteiger partial charge is 0.289 e. The van der Waals surface area contributed by atoms with Gasteiger partial charge < -0.3 is 0 Å². The van der Waals surface area contributed by atoms with Crippen LogP contribution in [0.4, 0.5) is 0 Å². The fourth-order valence-electron chi connectivity index (χ4n) is 1.49. The molecule has 0 radical (unpaired) electrons. The van der Waals surface area contributed by atoms with E-state index in [1.54, 1.807) is 30.5 Å². The van der Waals surface area contributed by atoms with Crippen LogP contribution in [0.1, 0.15) is 20.8 Å². The number of hydrogen-bond donors (Lipinski definition) is 2. The number of rotatable bonds is 3. The minimum atomic E-state index is -0.565. The standard InChI is InChI=1S/C13H10BrClN4O2S/c1-22-13-16-6-8(14)10(17-13)12(21)19-18-11(20)7-4-2-3-5-9(7)15/h2-6H,1H3,(H,18,20)(H,19,21). The average Bonchev–Trinajstić information content (AvgIpc) is 2.53. The summed E-state index contributed by atoms with van der Waals surface area (Å²) in [7, 11) is 0. The summed E-state index contributed by atoms with van der Waals surface area (Å²) in [6, 6.07) is 6.52. The molecule has 0 saturated heterocycles. The molecule has 0 fully saturated rings. The van der Waals surface area contributed by atoms with Crippen molar-refractivity contribution in [2.75, 3.05) is 6.26 Å². The van der Waals surface area contributed by atoms with Crippen LogP contribution in [0.15, 0.2) is 40.1 Å². The number of carbonyl (C=O) groups excluding carboxylic acids is 2. The molecule has 1 heterocycles. The molecule has 2 aromatic rings. The summed E-state index contributed by atoms with van der Waals surface area (Å²) in [5.41, 5.74) is 4.97. The molecule has 9 heteroatoms. The Hall–Kier alpha value is -1.64. The Balaban J connectivity index is 2.07. The average molecular weight is 402 g/mol. The summed E-state index contributed by atoms with van der Waals surface area (Å²) < 4.78 is 0.426. The van der Waals surface area contributed by atoms with E-state index in [4.69, 9.17) is 11.6 Å². The first kappa shape index (κ1) is 16.7. The molecule has 114 valence electrons. The van der Waals surface area contributed by atoms with E-state index in [-0.39, 0.29) is 11.3 Å². The number of carbonyl (C=O) groups is 2. The van der Waals surface area contributed by atoms with Crippen LogP contribution < -0.4 is 10.9 Å². The topological polar surface area (TPSA) is 84.0 Å². The number of thioether (sulfide) groups is 1. The van der Waals surface area contributed by atoms with Gasteiger partial charge in [0.05, 0.1) is 15.1 Å². The minimum Gasteiger partial charge on any atom is -0.267 e. The van der Waals surface area contributed by atoms with Gasteiger partial charge in [-0.2, -0.15) is 0 Å². The lowest BCUT2D eigenvalue weighted by atomic mass is 10.2. The third-order valence-electron chi connectivity index (χ3n) is 2.53. The van der Waals surface area contributed by atoms with E-state index in [0.29, 0.717) is 14.7 Å². The van der Waals surface area contributed by atoms with Gasteiger partial charge in [-0.15, -0.1) is 0 Å². The monoisotopic (exact) mass is 400 g/mol. The molecule has 0 bridgehead atoms. The zero-order chi connectivity index (χ0) is 16.1. The fraction of sp³-hybridized carbons (Fsp3) is 0.0769. The number of aromatic nitrogens is 2. The molecule has 22 heavy (non-hydrogen) atoms. The second-order valence-electron chi connectivity index (χ2n) is 3.94. The first-order valence-electron chi connectivity index (χ1n) is 5.94. The van der Waals surface area contributed by atoms with Crippen LogP contribution in [-0.2, 0) is 0 Å². The maximum Gasteiger partial charge on any atom is 0.289 e. The van der Waals surface area contributed by atoms with Gasteiger partial charge in [0.15, 0.2) is 5.16 Å². The number of benzene rings is 1. The summed E-state index contributed by atoms with van der Waals surface area (Å²) >= 11 is 10.4. The highest BCUT2D eigenvalue weighted by molar-refractivity contribution is 9.10. The number of nitrogens with one attached hydrogen (secondary N) is 2. The third-order valence-corrected chi connectivity index (χ3v) is 4.00. The van der Waals surface area contributed by atoms with E-state index >= 15 is 0 Å². The normalized spacial score (nSPS) is 10.1. The van der Waals surface area contributed by atoms with E-state index in [2.05, 4.69) is 36.7 Å². The van der Waals surface area contributed by atoms with Crippen molar-refractivity contribution < 1.29 is 9.59 Å². The molecule has 1 aromatic carbocycles. The summed E-state index contributed by atoms with van der Waals surface area (Å²) in [6.07, 6.45) is 3.27. The third kappa shape index (κ3) is 3.96. The minimum absolute atomic E-state index is 0.124. The van der Waals surface area contributed by atoms with Crippen molar-refractivity contribution in [3.05, 3.63) is 51.2 Å². The quantitative estimate of drug-likeness (QED) is 0.469. The van der Waals surface area contributed by atoms with Gasteiger partial charge in [-0.3, -0.25) is 20.4 Å². The van der Waals surface area contributed by atoms with E-state index in [1.807, 2.05) is 0 Å². The van der Waals surface area contributed by atoms with Crippen molar-refractivity contribution in [1.82, 2.24) is 20.8 Å². The molecule has 0 saturated carbocycles. The van der Waals surface area contributed by atoms with Crippen LogP contribution in [0.2, 0.25) is 5.02 Å². The Labute approximate surface area is 144 Å². The van der Waals surface area contributed by atoms with Gasteiger partial charge in [-0.1, -0.05) is 35.5 Å². The number of amides is 2. The van der Waals surface area contributed by atoms with Gasteiger partial charge in [0.2, 0.25) is 0 Å². The molecule has 2 amide bonds. The number of hydrogen-bond acceptors (Lipinski definition) is 5. The lowest BCUT2D eigenvalue weighted by Gasteiger charge is -2.09. The lowest BCUT2D eigenvalue weighted by molar-refractivity contribution is 0.0843. The van der Waals surface area contributed by atoms with Crippen molar-refractivity contribution in [3.8, 4) is 0 Å². The van der Waals surface area contributed by atoms with Crippen LogP contribution in [0, 0.1) is 0 Å². The molecular weight excluding hydrogens is 392 g/mol. The van der Waals surface area contributed by atoms with Gasteiger partial charge in [0, 0.05) is 6.20 Å². The molecule has 0 aliphatic carbocycles. The summed E-state index contributed by atoms with van der Waals surface area (Å²) in [5.74, 6) is -1.08. The lowest BCUT2D eigenvalue weighted by Crippen LogP contribution is -2.42. The molecule has 6 nitrogen and oxygen atoms in total. The Kier molecular flexibility index (Phi) is 5.76. The molecule has 2 rings (SSSR count). The van der Waals surface area contributed by atoms with E-state index in [9.17, 15) is 9.59 Å². The first-order valence-corrected chi connectivity index (χ1v) is 8.34. The Morgan fingerprint density at radius 2 is 1.91 bits per heavy atom. The Morgan fingerprint density at radius 1 is 1.23 bits per heavy atom. The van der Waals surface area contributed by atoms with Gasteiger partial charge in [-0.25, -0.2) is 9.97 Å². The van der Waals surface area contributed by atoms with Crippen molar-refractivity contribution in [2.24, 2.45) is 0 Å². The maximum atomic E-state index is 12.1. The van der Waals surface area contributed by atoms with Gasteiger partial charge in [0.1, 0.15) is 5.69 Å². The second kappa shape index (κ2) is 7.57. The van der Waals surface area contributed by atoms with Crippen molar-refractivity contribution >= 4 is 51.1 Å². The predicted molar refractivity (Wildman–Crippen MR) is 87.9 cm³/mol. The van der Waals surface area contributed by atoms with Gasteiger partial charge in [-0.05, 0) is 34.3 Å². The van der Waals surface area contributed by atoms with Crippen LogP contribution in [0.25, 0.3) is 0 Å². The summed E-state index contributed by atoms with van der Waals surface area (Å²) in [4.78, 5) is 32.1. The summed E-state index contributed by atoms with van der Waals surface area (Å²) in [5, 5.41) is 0.743. The molecule has 0 aliphatic rings. The molecule has 0 spiro atoms. The van der Waals surface area contributed by atoms with Crippen molar-refractivity contribution in [1.29, 1.82) is 0 Å².